The molecule has 0 aliphatic rings. The lowest BCUT2D eigenvalue weighted by atomic mass is 10.2. The highest BCUT2D eigenvalue weighted by Gasteiger charge is 2.14. The molecule has 0 aliphatic carbocycles. The van der Waals surface area contributed by atoms with Gasteiger partial charge in [0.25, 0.3) is 0 Å². The molecule has 1 atom stereocenters. The lowest BCUT2D eigenvalue weighted by Gasteiger charge is -2.05. The summed E-state index contributed by atoms with van der Waals surface area (Å²) in [7, 11) is 3.17. The number of hydrogen-bond donors (Lipinski definition) is 0. The van der Waals surface area contributed by atoms with Crippen LogP contribution in [0.1, 0.15) is 18.2 Å². The van der Waals surface area contributed by atoms with E-state index in [1.165, 1.54) is 0 Å². The molecule has 1 aromatic heterocycles. The predicted octanol–water partition coefficient (Wildman–Crippen LogP) is 3.05. The van der Waals surface area contributed by atoms with Crippen LogP contribution < -0.4 is 9.47 Å². The molecule has 0 amide bonds. The number of hydrogen-bond acceptors (Lipinski definition) is 5. The van der Waals surface area contributed by atoms with Gasteiger partial charge in [-0.2, -0.15) is 4.98 Å². The zero-order valence-corrected chi connectivity index (χ0v) is 11.1. The summed E-state index contributed by atoms with van der Waals surface area (Å²) in [5, 5.41) is 3.56. The summed E-state index contributed by atoms with van der Waals surface area (Å²) in [5.74, 6) is 2.16. The number of benzene rings is 1. The van der Waals surface area contributed by atoms with Crippen molar-refractivity contribution in [1.29, 1.82) is 0 Å². The lowest BCUT2D eigenvalue weighted by molar-refractivity contribution is 0.379. The largest absolute Gasteiger partial charge is 0.497 e. The quantitative estimate of drug-likeness (QED) is 0.798. The molecule has 0 N–H and O–H groups in total. The Balaban J connectivity index is 2.42. The fourth-order valence-corrected chi connectivity index (χ4v) is 1.54. The van der Waals surface area contributed by atoms with Crippen LogP contribution in [0.3, 0.4) is 0 Å². The van der Waals surface area contributed by atoms with Crippen LogP contribution in [0.4, 0.5) is 0 Å². The van der Waals surface area contributed by atoms with E-state index in [0.29, 0.717) is 23.2 Å². The van der Waals surface area contributed by atoms with Gasteiger partial charge in [0.15, 0.2) is 0 Å². The summed E-state index contributed by atoms with van der Waals surface area (Å²) in [6, 6.07) is 5.38. The van der Waals surface area contributed by atoms with Crippen molar-refractivity contribution in [2.45, 2.75) is 12.3 Å². The Morgan fingerprint density at radius 2 is 1.78 bits per heavy atom. The van der Waals surface area contributed by atoms with Gasteiger partial charge < -0.3 is 14.0 Å². The molecule has 1 heterocycles. The predicted molar refractivity (Wildman–Crippen MR) is 67.1 cm³/mol. The molecule has 0 bridgehead atoms. The minimum Gasteiger partial charge on any atom is -0.497 e. The SMILES string of the molecule is COc1cc(OC)cc(-c2noc(C(C)Cl)n2)c1. The average molecular weight is 269 g/mol. The second-order valence-corrected chi connectivity index (χ2v) is 4.33. The summed E-state index contributed by atoms with van der Waals surface area (Å²) in [6.45, 7) is 1.77. The van der Waals surface area contributed by atoms with Gasteiger partial charge in [-0.1, -0.05) is 5.16 Å². The second kappa shape index (κ2) is 5.27. The highest BCUT2D eigenvalue weighted by Crippen LogP contribution is 2.29. The normalized spacial score (nSPS) is 12.2. The molecular weight excluding hydrogens is 256 g/mol. The van der Waals surface area contributed by atoms with E-state index in [-0.39, 0.29) is 5.38 Å². The summed E-state index contributed by atoms with van der Waals surface area (Å²) in [5.41, 5.74) is 0.749. The van der Waals surface area contributed by atoms with Gasteiger partial charge in [-0.25, -0.2) is 0 Å². The topological polar surface area (TPSA) is 57.4 Å². The van der Waals surface area contributed by atoms with Gasteiger partial charge in [0.2, 0.25) is 11.7 Å². The Kier molecular flexibility index (Phi) is 3.72. The van der Waals surface area contributed by atoms with E-state index in [0.717, 1.165) is 5.56 Å². The molecule has 18 heavy (non-hydrogen) atoms. The van der Waals surface area contributed by atoms with Crippen LogP contribution in [0.2, 0.25) is 0 Å². The van der Waals surface area contributed by atoms with Crippen LogP contribution in [0.5, 0.6) is 11.5 Å². The van der Waals surface area contributed by atoms with E-state index in [2.05, 4.69) is 10.1 Å². The number of aromatic nitrogens is 2. The standard InChI is InChI=1S/C12H13ClN2O3/c1-7(13)12-14-11(15-18-12)8-4-9(16-2)6-10(5-8)17-3/h4-7H,1-3H3. The Morgan fingerprint density at radius 1 is 1.17 bits per heavy atom. The van der Waals surface area contributed by atoms with Crippen molar-refractivity contribution in [3.05, 3.63) is 24.1 Å². The first-order valence-corrected chi connectivity index (χ1v) is 5.78. The van der Waals surface area contributed by atoms with Crippen LogP contribution >= 0.6 is 11.6 Å². The number of alkyl halides is 1. The minimum absolute atomic E-state index is 0.321. The Morgan fingerprint density at radius 3 is 2.22 bits per heavy atom. The summed E-state index contributed by atoms with van der Waals surface area (Å²) < 4.78 is 15.4. The maximum Gasteiger partial charge on any atom is 0.244 e. The van der Waals surface area contributed by atoms with E-state index in [4.69, 9.17) is 25.6 Å². The maximum absolute atomic E-state index is 5.88. The van der Waals surface area contributed by atoms with Crippen LogP contribution in [0.25, 0.3) is 11.4 Å². The molecule has 2 rings (SSSR count). The molecule has 96 valence electrons. The van der Waals surface area contributed by atoms with Crippen LogP contribution in [-0.4, -0.2) is 24.4 Å². The van der Waals surface area contributed by atoms with E-state index >= 15 is 0 Å². The first-order chi connectivity index (χ1) is 8.63. The van der Waals surface area contributed by atoms with Gasteiger partial charge in [-0.3, -0.25) is 0 Å². The first kappa shape index (κ1) is 12.7. The van der Waals surface area contributed by atoms with Gasteiger partial charge in [0, 0.05) is 11.6 Å². The molecule has 1 unspecified atom stereocenters. The molecule has 0 saturated heterocycles. The molecule has 0 aliphatic heterocycles. The van der Waals surface area contributed by atoms with Gasteiger partial charge in [0.1, 0.15) is 16.9 Å². The van der Waals surface area contributed by atoms with Crippen molar-refractivity contribution < 1.29 is 14.0 Å². The van der Waals surface area contributed by atoms with E-state index in [9.17, 15) is 0 Å². The van der Waals surface area contributed by atoms with Crippen LogP contribution in [0.15, 0.2) is 22.7 Å². The van der Waals surface area contributed by atoms with E-state index < -0.39 is 0 Å². The fourth-order valence-electron chi connectivity index (χ4n) is 1.45. The number of ether oxygens (including phenoxy) is 2. The number of halogens is 1. The average Bonchev–Trinajstić information content (AvgIpc) is 2.87. The van der Waals surface area contributed by atoms with Crippen LogP contribution in [0, 0.1) is 0 Å². The minimum atomic E-state index is -0.321. The molecule has 1 aromatic carbocycles. The summed E-state index contributed by atoms with van der Waals surface area (Å²) in [4.78, 5) is 4.21. The number of rotatable bonds is 4. The molecule has 6 heteroatoms. The highest BCUT2D eigenvalue weighted by molar-refractivity contribution is 6.20. The molecule has 0 fully saturated rings. The number of nitrogens with zero attached hydrogens (tertiary/aromatic N) is 2. The van der Waals surface area contributed by atoms with Gasteiger partial charge >= 0.3 is 0 Å². The second-order valence-electron chi connectivity index (χ2n) is 3.67. The van der Waals surface area contributed by atoms with Crippen molar-refractivity contribution in [2.75, 3.05) is 14.2 Å². The Labute approximate surface area is 110 Å². The third kappa shape index (κ3) is 2.56. The van der Waals surface area contributed by atoms with Crippen molar-refractivity contribution in [3.63, 3.8) is 0 Å². The third-order valence-electron chi connectivity index (χ3n) is 2.39. The van der Waals surface area contributed by atoms with E-state index in [1.54, 1.807) is 39.3 Å². The molecule has 5 nitrogen and oxygen atoms in total. The summed E-state index contributed by atoms with van der Waals surface area (Å²) in [6.07, 6.45) is 0. The Bertz CT molecular complexity index is 518. The Hall–Kier alpha value is -1.75. The zero-order chi connectivity index (χ0) is 13.1. The van der Waals surface area contributed by atoms with Crippen molar-refractivity contribution in [3.8, 4) is 22.9 Å². The molecule has 2 aromatic rings. The first-order valence-electron chi connectivity index (χ1n) is 5.35. The van der Waals surface area contributed by atoms with Gasteiger partial charge in [0.05, 0.1) is 14.2 Å². The summed E-state index contributed by atoms with van der Waals surface area (Å²) >= 11 is 5.88. The maximum atomic E-state index is 5.88. The molecule has 0 radical (unpaired) electrons. The van der Waals surface area contributed by atoms with Crippen molar-refractivity contribution >= 4 is 11.6 Å². The molecule has 0 spiro atoms. The monoisotopic (exact) mass is 268 g/mol. The number of methoxy groups -OCH3 is 2. The molecular formula is C12H13ClN2O3. The zero-order valence-electron chi connectivity index (χ0n) is 10.3. The lowest BCUT2D eigenvalue weighted by Crippen LogP contribution is -1.90. The fraction of sp³-hybridized carbons (Fsp3) is 0.333. The van der Waals surface area contributed by atoms with Crippen LogP contribution in [-0.2, 0) is 0 Å². The smallest absolute Gasteiger partial charge is 0.244 e. The highest BCUT2D eigenvalue weighted by atomic mass is 35.5. The molecule has 0 saturated carbocycles. The van der Waals surface area contributed by atoms with Gasteiger partial charge in [-0.15, -0.1) is 11.6 Å². The van der Waals surface area contributed by atoms with Gasteiger partial charge in [-0.05, 0) is 19.1 Å². The van der Waals surface area contributed by atoms with Crippen molar-refractivity contribution in [1.82, 2.24) is 10.1 Å². The third-order valence-corrected chi connectivity index (χ3v) is 2.58. The van der Waals surface area contributed by atoms with Crippen molar-refractivity contribution in [2.24, 2.45) is 0 Å². The van der Waals surface area contributed by atoms with E-state index in [1.807, 2.05) is 0 Å².